The number of imide groups is 1. The van der Waals surface area contributed by atoms with Gasteiger partial charge in [-0.2, -0.15) is 4.31 Å². The number of sulfonamides is 1. The number of carbonyl (C=O) groups is 3. The van der Waals surface area contributed by atoms with Crippen LogP contribution in [0.1, 0.15) is 49.7 Å². The number of benzene rings is 2. The molecule has 2 unspecified atom stereocenters. The van der Waals surface area contributed by atoms with Crippen molar-refractivity contribution in [3.05, 3.63) is 89.2 Å². The van der Waals surface area contributed by atoms with Crippen molar-refractivity contribution in [1.82, 2.24) is 19.1 Å². The molecule has 4 atom stereocenters. The van der Waals surface area contributed by atoms with Crippen LogP contribution >= 0.6 is 0 Å². The molecular formula is C36H47N5O7S. The molecule has 4 rings (SSSR count). The van der Waals surface area contributed by atoms with Crippen LogP contribution in [0.3, 0.4) is 0 Å². The van der Waals surface area contributed by atoms with E-state index in [9.17, 15) is 33.0 Å². The van der Waals surface area contributed by atoms with Crippen LogP contribution in [0.25, 0.3) is 0 Å². The number of aliphatic hydroxyl groups is 1. The Balaban J connectivity index is 1.60. The topological polar surface area (TPSA) is 174 Å². The summed E-state index contributed by atoms with van der Waals surface area (Å²) >= 11 is 0. The molecule has 2 aromatic carbocycles. The summed E-state index contributed by atoms with van der Waals surface area (Å²) in [4.78, 5) is 46.2. The van der Waals surface area contributed by atoms with E-state index in [0.717, 1.165) is 16.2 Å². The van der Waals surface area contributed by atoms with Gasteiger partial charge in [0.05, 0.1) is 23.2 Å². The molecule has 49 heavy (non-hydrogen) atoms. The number of nitrogens with zero attached hydrogens (tertiary/aromatic N) is 4. The second kappa shape index (κ2) is 15.9. The molecule has 0 radical (unpaired) electrons. The third-order valence-electron chi connectivity index (χ3n) is 8.84. The fraction of sp³-hybridized carbons (Fsp3) is 0.444. The minimum atomic E-state index is -4.07. The number of pyridine rings is 1. The SMILES string of the molecule is Cc1cccc(CN2C(=O)CN(C(C(N)=O)C(C)C[C@@H](Cc3ccccc3)[C@@H](O)CN(CC(C)C)S(=O)(=O)c3ccc(O)c(C)c3)C2=O)n1. The van der Waals surface area contributed by atoms with Crippen LogP contribution in [-0.2, 0) is 32.6 Å². The molecule has 0 aliphatic carbocycles. The molecule has 1 fully saturated rings. The lowest BCUT2D eigenvalue weighted by molar-refractivity contribution is -0.126. The highest BCUT2D eigenvalue weighted by Gasteiger charge is 2.44. The monoisotopic (exact) mass is 693 g/mol. The van der Waals surface area contributed by atoms with Gasteiger partial charge in [-0.15, -0.1) is 0 Å². The minimum Gasteiger partial charge on any atom is -0.508 e. The number of phenols is 1. The maximum Gasteiger partial charge on any atom is 0.328 e. The van der Waals surface area contributed by atoms with Crippen LogP contribution in [0, 0.1) is 31.6 Å². The van der Waals surface area contributed by atoms with Gasteiger partial charge in [-0.3, -0.25) is 19.5 Å². The van der Waals surface area contributed by atoms with Crippen molar-refractivity contribution in [3.63, 3.8) is 0 Å². The first-order chi connectivity index (χ1) is 23.1. The Labute approximate surface area is 288 Å². The number of primary amides is 1. The first-order valence-electron chi connectivity index (χ1n) is 16.4. The molecule has 3 aromatic rings. The molecule has 1 aliphatic rings. The molecule has 264 valence electrons. The molecular weight excluding hydrogens is 646 g/mol. The Kier molecular flexibility index (Phi) is 12.2. The van der Waals surface area contributed by atoms with Gasteiger partial charge in [0.15, 0.2) is 0 Å². The number of rotatable bonds is 16. The fourth-order valence-corrected chi connectivity index (χ4v) is 8.10. The molecule has 0 spiro atoms. The molecule has 13 heteroatoms. The van der Waals surface area contributed by atoms with Gasteiger partial charge in [-0.05, 0) is 85.9 Å². The molecule has 1 aliphatic heterocycles. The largest absolute Gasteiger partial charge is 0.508 e. The zero-order valence-electron chi connectivity index (χ0n) is 28.7. The van der Waals surface area contributed by atoms with Crippen molar-refractivity contribution in [2.24, 2.45) is 23.5 Å². The number of aromatic hydroxyl groups is 1. The third kappa shape index (κ3) is 9.22. The summed E-state index contributed by atoms with van der Waals surface area (Å²) in [6.07, 6.45) is -0.638. The van der Waals surface area contributed by atoms with Crippen LogP contribution < -0.4 is 5.73 Å². The van der Waals surface area contributed by atoms with Gasteiger partial charge in [0, 0.05) is 18.8 Å². The Morgan fingerprint density at radius 1 is 1.00 bits per heavy atom. The summed E-state index contributed by atoms with van der Waals surface area (Å²) in [5, 5.41) is 21.8. The summed E-state index contributed by atoms with van der Waals surface area (Å²) in [5.41, 5.74) is 8.45. The van der Waals surface area contributed by atoms with Crippen molar-refractivity contribution in [2.45, 2.75) is 71.0 Å². The molecule has 4 N–H and O–H groups in total. The average molecular weight is 694 g/mol. The summed E-state index contributed by atoms with van der Waals surface area (Å²) in [5.74, 6) is -2.53. The first-order valence-corrected chi connectivity index (χ1v) is 17.9. The highest BCUT2D eigenvalue weighted by atomic mass is 32.2. The van der Waals surface area contributed by atoms with Crippen molar-refractivity contribution in [1.29, 1.82) is 0 Å². The molecule has 1 aromatic heterocycles. The number of aryl methyl sites for hydroxylation is 2. The van der Waals surface area contributed by atoms with Crippen molar-refractivity contribution in [3.8, 4) is 5.75 Å². The number of hydrogen-bond donors (Lipinski definition) is 3. The van der Waals surface area contributed by atoms with Gasteiger partial charge in [0.1, 0.15) is 18.3 Å². The van der Waals surface area contributed by atoms with Crippen LogP contribution in [0.5, 0.6) is 5.75 Å². The van der Waals surface area contributed by atoms with Crippen LogP contribution in [-0.4, -0.2) is 87.3 Å². The zero-order chi connectivity index (χ0) is 36.0. The predicted molar refractivity (Wildman–Crippen MR) is 184 cm³/mol. The van der Waals surface area contributed by atoms with E-state index in [0.29, 0.717) is 17.7 Å². The molecule has 0 bridgehead atoms. The van der Waals surface area contributed by atoms with E-state index < -0.39 is 51.9 Å². The zero-order valence-corrected chi connectivity index (χ0v) is 29.5. The highest BCUT2D eigenvalue weighted by molar-refractivity contribution is 7.89. The van der Waals surface area contributed by atoms with Crippen LogP contribution in [0.15, 0.2) is 71.6 Å². The molecule has 12 nitrogen and oxygen atoms in total. The quantitative estimate of drug-likeness (QED) is 0.191. The summed E-state index contributed by atoms with van der Waals surface area (Å²) < 4.78 is 29.0. The summed E-state index contributed by atoms with van der Waals surface area (Å²) in [7, 11) is -4.07. The van der Waals surface area contributed by atoms with Gasteiger partial charge in [0.25, 0.3) is 5.91 Å². The van der Waals surface area contributed by atoms with E-state index in [1.165, 1.54) is 27.4 Å². The number of nitrogens with two attached hydrogens (primary N) is 1. The minimum absolute atomic E-state index is 0.0000466. The standard InChI is InChI=1S/C36H47N5O7S/c1-23(2)19-39(49(47,48)30-14-15-31(42)24(3)17-30)21-32(43)28(18-27-11-7-6-8-12-27)16-25(4)34(35(37)45)41-22-33(44)40(36(41)46)20-29-13-9-10-26(5)38-29/h6-15,17,23,25,28,32,34,42-43H,16,18-22H2,1-5H3,(H2,37,45)/t25?,28-,32-,34?/m0/s1. The number of carbonyl (C=O) groups excluding carboxylic acids is 3. The third-order valence-corrected chi connectivity index (χ3v) is 10.7. The first kappa shape index (κ1) is 37.5. The predicted octanol–water partition coefficient (Wildman–Crippen LogP) is 3.62. The Morgan fingerprint density at radius 3 is 2.31 bits per heavy atom. The van der Waals surface area contributed by atoms with Gasteiger partial charge >= 0.3 is 6.03 Å². The smallest absolute Gasteiger partial charge is 0.328 e. The molecule has 0 saturated carbocycles. The number of aromatic nitrogens is 1. The highest BCUT2D eigenvalue weighted by Crippen LogP contribution is 2.30. The number of hydrogen-bond acceptors (Lipinski definition) is 8. The van der Waals surface area contributed by atoms with Crippen molar-refractivity contribution in [2.75, 3.05) is 19.6 Å². The second-order valence-corrected chi connectivity index (χ2v) is 15.3. The number of phenolic OH excluding ortho intramolecular Hbond substituents is 1. The number of aliphatic hydroxyl groups excluding tert-OH is 1. The fourth-order valence-electron chi connectivity index (χ4n) is 6.40. The Hall–Kier alpha value is -4.33. The van der Waals surface area contributed by atoms with E-state index >= 15 is 0 Å². The van der Waals surface area contributed by atoms with Gasteiger partial charge in [-0.1, -0.05) is 57.2 Å². The molecule has 2 heterocycles. The van der Waals surface area contributed by atoms with Crippen LogP contribution in [0.4, 0.5) is 4.79 Å². The lowest BCUT2D eigenvalue weighted by Crippen LogP contribution is -2.51. The lowest BCUT2D eigenvalue weighted by atomic mass is 9.82. The normalized spacial score (nSPS) is 16.3. The van der Waals surface area contributed by atoms with E-state index in [1.807, 2.05) is 44.2 Å². The van der Waals surface area contributed by atoms with Crippen LogP contribution in [0.2, 0.25) is 0 Å². The van der Waals surface area contributed by atoms with E-state index in [-0.39, 0.29) is 49.2 Å². The summed E-state index contributed by atoms with van der Waals surface area (Å²) in [6.45, 7) is 8.43. The Bertz CT molecular complexity index is 1750. The maximum absolute atomic E-state index is 13.9. The number of urea groups is 1. The van der Waals surface area contributed by atoms with Gasteiger partial charge in [-0.25, -0.2) is 13.2 Å². The maximum atomic E-state index is 13.9. The van der Waals surface area contributed by atoms with Crippen molar-refractivity contribution < 1.29 is 33.0 Å². The van der Waals surface area contributed by atoms with Gasteiger partial charge in [0.2, 0.25) is 15.9 Å². The Morgan fingerprint density at radius 2 is 1.69 bits per heavy atom. The van der Waals surface area contributed by atoms with E-state index in [1.54, 1.807) is 39.0 Å². The lowest BCUT2D eigenvalue weighted by Gasteiger charge is -2.34. The molecule has 1 saturated heterocycles. The second-order valence-electron chi connectivity index (χ2n) is 13.4. The average Bonchev–Trinajstić information content (AvgIpc) is 3.29. The van der Waals surface area contributed by atoms with E-state index in [4.69, 9.17) is 5.73 Å². The van der Waals surface area contributed by atoms with Crippen molar-refractivity contribution >= 4 is 27.9 Å². The van der Waals surface area contributed by atoms with E-state index in [2.05, 4.69) is 4.98 Å². The number of amides is 4. The van der Waals surface area contributed by atoms with Gasteiger partial charge < -0.3 is 20.8 Å². The summed E-state index contributed by atoms with van der Waals surface area (Å²) in [6, 6.07) is 17.0. The molecule has 4 amide bonds.